The van der Waals surface area contributed by atoms with E-state index in [-0.39, 0.29) is 17.8 Å². The monoisotopic (exact) mass is 326 g/mol. The average Bonchev–Trinajstić information content (AvgIpc) is 2.98. The number of halogens is 1. The first kappa shape index (κ1) is 14.8. The molecule has 6 nitrogen and oxygen atoms in total. The minimum absolute atomic E-state index is 0.100. The van der Waals surface area contributed by atoms with E-state index >= 15 is 0 Å². The second kappa shape index (κ2) is 6.01. The third kappa shape index (κ3) is 2.63. The molecule has 1 unspecified atom stereocenters. The zero-order chi connectivity index (χ0) is 16.5. The number of hydrogen-bond donors (Lipinski definition) is 1. The van der Waals surface area contributed by atoms with Gasteiger partial charge in [-0.1, -0.05) is 6.07 Å². The van der Waals surface area contributed by atoms with Crippen molar-refractivity contribution < 1.29 is 13.9 Å². The molecule has 3 aromatic rings. The molecule has 24 heavy (non-hydrogen) atoms. The number of pyridine rings is 1. The van der Waals surface area contributed by atoms with Crippen LogP contribution in [-0.2, 0) is 11.3 Å². The quantitative estimate of drug-likeness (QED) is 0.800. The summed E-state index contributed by atoms with van der Waals surface area (Å²) in [4.78, 5) is 20.6. The number of ether oxygens (including phenoxy) is 1. The number of carbonyl (C=O) groups excluding carboxylic acids is 1. The van der Waals surface area contributed by atoms with Crippen LogP contribution in [0, 0.1) is 5.82 Å². The molecule has 0 saturated carbocycles. The van der Waals surface area contributed by atoms with E-state index in [0.29, 0.717) is 31.0 Å². The SMILES string of the molecule is O=C(NCC1COCc2nc3cc(F)ccc3n21)c1ccccn1. The molecule has 122 valence electrons. The number of rotatable bonds is 3. The number of nitrogens with zero attached hydrogens (tertiary/aromatic N) is 3. The second-order valence-corrected chi connectivity index (χ2v) is 5.63. The summed E-state index contributed by atoms with van der Waals surface area (Å²) in [6.45, 7) is 1.21. The van der Waals surface area contributed by atoms with Crippen LogP contribution < -0.4 is 5.32 Å². The van der Waals surface area contributed by atoms with Gasteiger partial charge in [0, 0.05) is 18.8 Å². The maximum Gasteiger partial charge on any atom is 0.269 e. The van der Waals surface area contributed by atoms with Crippen LogP contribution in [0.2, 0.25) is 0 Å². The lowest BCUT2D eigenvalue weighted by molar-refractivity contribution is 0.0552. The number of benzene rings is 1. The molecule has 1 N–H and O–H groups in total. The standard InChI is InChI=1S/C17H15FN4O2/c18-11-4-5-15-14(7-11)21-16-10-24-9-12(22(15)16)8-20-17(23)13-3-1-2-6-19-13/h1-7,12H,8-10H2,(H,20,23). The lowest BCUT2D eigenvalue weighted by atomic mass is 10.2. The molecule has 2 aromatic heterocycles. The third-order valence-electron chi connectivity index (χ3n) is 4.03. The molecule has 1 atom stereocenters. The molecular weight excluding hydrogens is 311 g/mol. The average molecular weight is 326 g/mol. The smallest absolute Gasteiger partial charge is 0.269 e. The van der Waals surface area contributed by atoms with Crippen molar-refractivity contribution in [3.05, 3.63) is 59.9 Å². The molecule has 0 aliphatic carbocycles. The van der Waals surface area contributed by atoms with Gasteiger partial charge in [-0.3, -0.25) is 9.78 Å². The maximum atomic E-state index is 13.4. The van der Waals surface area contributed by atoms with Gasteiger partial charge in [-0.2, -0.15) is 0 Å². The Labute approximate surface area is 137 Å². The largest absolute Gasteiger partial charge is 0.371 e. The number of nitrogens with one attached hydrogen (secondary N) is 1. The first-order chi connectivity index (χ1) is 11.7. The molecule has 3 heterocycles. The molecule has 1 amide bonds. The van der Waals surface area contributed by atoms with E-state index in [4.69, 9.17) is 4.74 Å². The highest BCUT2D eigenvalue weighted by atomic mass is 19.1. The third-order valence-corrected chi connectivity index (χ3v) is 4.03. The van der Waals surface area contributed by atoms with E-state index in [9.17, 15) is 9.18 Å². The summed E-state index contributed by atoms with van der Waals surface area (Å²) in [7, 11) is 0. The maximum absolute atomic E-state index is 13.4. The predicted octanol–water partition coefficient (Wildman–Crippen LogP) is 2.07. The number of carbonyl (C=O) groups is 1. The van der Waals surface area contributed by atoms with Crippen molar-refractivity contribution in [2.75, 3.05) is 13.2 Å². The summed E-state index contributed by atoms with van der Waals surface area (Å²) in [5.74, 6) is 0.177. The fourth-order valence-corrected chi connectivity index (χ4v) is 2.94. The van der Waals surface area contributed by atoms with Crippen molar-refractivity contribution in [3.8, 4) is 0 Å². The minimum Gasteiger partial charge on any atom is -0.371 e. The Bertz CT molecular complexity index is 894. The van der Waals surface area contributed by atoms with Crippen molar-refractivity contribution in [3.63, 3.8) is 0 Å². The summed E-state index contributed by atoms with van der Waals surface area (Å²) < 4.78 is 21.0. The van der Waals surface area contributed by atoms with Crippen LogP contribution in [0.1, 0.15) is 22.4 Å². The number of aromatic nitrogens is 3. The predicted molar refractivity (Wildman–Crippen MR) is 85.0 cm³/mol. The molecule has 1 aliphatic heterocycles. The van der Waals surface area contributed by atoms with Crippen LogP contribution >= 0.6 is 0 Å². The van der Waals surface area contributed by atoms with Gasteiger partial charge in [-0.05, 0) is 24.3 Å². The molecule has 0 saturated heterocycles. The summed E-state index contributed by atoms with van der Waals surface area (Å²) in [5, 5.41) is 2.87. The Kier molecular flexibility index (Phi) is 3.70. The molecule has 7 heteroatoms. The Morgan fingerprint density at radius 2 is 2.29 bits per heavy atom. The second-order valence-electron chi connectivity index (χ2n) is 5.63. The van der Waals surface area contributed by atoms with Crippen LogP contribution in [0.15, 0.2) is 42.6 Å². The van der Waals surface area contributed by atoms with Crippen molar-refractivity contribution in [2.24, 2.45) is 0 Å². The highest BCUT2D eigenvalue weighted by Crippen LogP contribution is 2.26. The highest BCUT2D eigenvalue weighted by Gasteiger charge is 2.24. The zero-order valence-corrected chi connectivity index (χ0v) is 12.8. The van der Waals surface area contributed by atoms with Gasteiger partial charge in [0.05, 0.1) is 23.7 Å². The number of imidazole rings is 1. The number of fused-ring (bicyclic) bond motifs is 3. The van der Waals surface area contributed by atoms with E-state index < -0.39 is 0 Å². The summed E-state index contributed by atoms with van der Waals surface area (Å²) >= 11 is 0. The Balaban J connectivity index is 1.58. The molecule has 1 aliphatic rings. The minimum atomic E-state index is -0.320. The van der Waals surface area contributed by atoms with E-state index in [0.717, 1.165) is 11.3 Å². The zero-order valence-electron chi connectivity index (χ0n) is 12.8. The molecule has 1 aromatic carbocycles. The Hall–Kier alpha value is -2.80. The molecule has 0 bridgehead atoms. The lowest BCUT2D eigenvalue weighted by Gasteiger charge is -2.26. The van der Waals surface area contributed by atoms with Gasteiger partial charge in [0.1, 0.15) is 23.9 Å². The highest BCUT2D eigenvalue weighted by molar-refractivity contribution is 5.92. The van der Waals surface area contributed by atoms with Gasteiger partial charge in [-0.15, -0.1) is 0 Å². The molecule has 0 fully saturated rings. The van der Waals surface area contributed by atoms with Gasteiger partial charge < -0.3 is 14.6 Å². The molecule has 0 radical (unpaired) electrons. The van der Waals surface area contributed by atoms with E-state index in [1.54, 1.807) is 30.5 Å². The van der Waals surface area contributed by atoms with E-state index in [1.807, 2.05) is 4.57 Å². The fraction of sp³-hybridized carbons (Fsp3) is 0.235. The Morgan fingerprint density at radius 1 is 1.38 bits per heavy atom. The normalized spacial score (nSPS) is 16.8. The van der Waals surface area contributed by atoms with E-state index in [2.05, 4.69) is 15.3 Å². The molecule has 4 rings (SSSR count). The van der Waals surface area contributed by atoms with Crippen molar-refractivity contribution in [1.82, 2.24) is 19.9 Å². The van der Waals surface area contributed by atoms with Crippen LogP contribution in [0.5, 0.6) is 0 Å². The van der Waals surface area contributed by atoms with Gasteiger partial charge in [0.2, 0.25) is 0 Å². The van der Waals surface area contributed by atoms with Gasteiger partial charge in [0.15, 0.2) is 0 Å². The van der Waals surface area contributed by atoms with Crippen molar-refractivity contribution in [1.29, 1.82) is 0 Å². The van der Waals surface area contributed by atoms with Crippen molar-refractivity contribution in [2.45, 2.75) is 12.6 Å². The van der Waals surface area contributed by atoms with Crippen molar-refractivity contribution >= 4 is 16.9 Å². The van der Waals surface area contributed by atoms with Crippen LogP contribution in [0.4, 0.5) is 4.39 Å². The Morgan fingerprint density at radius 3 is 3.12 bits per heavy atom. The fourth-order valence-electron chi connectivity index (χ4n) is 2.94. The lowest BCUT2D eigenvalue weighted by Crippen LogP contribution is -2.36. The topological polar surface area (TPSA) is 69.0 Å². The van der Waals surface area contributed by atoms with Gasteiger partial charge in [-0.25, -0.2) is 9.37 Å². The first-order valence-corrected chi connectivity index (χ1v) is 7.66. The van der Waals surface area contributed by atoms with E-state index in [1.165, 1.54) is 12.1 Å². The number of hydrogen-bond acceptors (Lipinski definition) is 4. The summed E-state index contributed by atoms with van der Waals surface area (Å²) in [6.07, 6.45) is 1.58. The van der Waals surface area contributed by atoms with Gasteiger partial charge in [0.25, 0.3) is 5.91 Å². The van der Waals surface area contributed by atoms with Crippen LogP contribution in [0.3, 0.4) is 0 Å². The van der Waals surface area contributed by atoms with Crippen LogP contribution in [0.25, 0.3) is 11.0 Å². The molecular formula is C17H15FN4O2. The summed E-state index contributed by atoms with van der Waals surface area (Å²) in [5.41, 5.74) is 1.80. The van der Waals surface area contributed by atoms with Crippen LogP contribution in [-0.4, -0.2) is 33.6 Å². The summed E-state index contributed by atoms with van der Waals surface area (Å²) in [6, 6.07) is 9.61. The number of amides is 1. The first-order valence-electron chi connectivity index (χ1n) is 7.66. The molecule has 0 spiro atoms. The van der Waals surface area contributed by atoms with Gasteiger partial charge >= 0.3 is 0 Å².